The van der Waals surface area contributed by atoms with Gasteiger partial charge in [-0.05, 0) is 16.7 Å². The third kappa shape index (κ3) is 5.00. The van der Waals surface area contributed by atoms with E-state index >= 15 is 0 Å². The molecule has 2 aromatic rings. The predicted octanol–water partition coefficient (Wildman–Crippen LogP) is 2.62. The molecule has 29 heavy (non-hydrogen) atoms. The molecule has 0 aromatic heterocycles. The zero-order valence-corrected chi connectivity index (χ0v) is 17.4. The molecular formula is C23H27N3O2S. The van der Waals surface area contributed by atoms with Gasteiger partial charge in [0, 0.05) is 44.2 Å². The molecule has 0 unspecified atom stereocenters. The van der Waals surface area contributed by atoms with Gasteiger partial charge in [-0.25, -0.2) is 0 Å². The Labute approximate surface area is 176 Å². The van der Waals surface area contributed by atoms with Crippen LogP contribution in [0.5, 0.6) is 0 Å². The lowest BCUT2D eigenvalue weighted by molar-refractivity contribution is -0.138. The fraction of sp³-hybridized carbons (Fsp3) is 0.391. The van der Waals surface area contributed by atoms with Crippen LogP contribution in [0.1, 0.15) is 12.0 Å². The number of hydrogen-bond donors (Lipinski definition) is 1. The van der Waals surface area contributed by atoms with E-state index in [1.165, 1.54) is 11.1 Å². The van der Waals surface area contributed by atoms with E-state index in [2.05, 4.69) is 46.6 Å². The number of thioether (sulfide) groups is 1. The fourth-order valence-electron chi connectivity index (χ4n) is 3.95. The summed E-state index contributed by atoms with van der Waals surface area (Å²) in [5.41, 5.74) is 3.53. The summed E-state index contributed by atoms with van der Waals surface area (Å²) >= 11 is 1.88. The minimum Gasteiger partial charge on any atom is -0.353 e. The molecule has 2 aliphatic rings. The second-order valence-corrected chi connectivity index (χ2v) is 8.76. The van der Waals surface area contributed by atoms with Crippen LogP contribution in [0.15, 0.2) is 54.6 Å². The van der Waals surface area contributed by atoms with Crippen LogP contribution in [0, 0.1) is 0 Å². The Bertz CT molecular complexity index is 835. The standard InChI is InChI=1S/C23H27N3O2S/c27-22(25-12-14-29-15-13-25)16-21-23(28)24-10-11-26(21)17-18-6-8-20(9-7-18)19-4-2-1-3-5-19/h1-9,21H,10-17H2,(H,24,28)/t21-/m0/s1. The highest BCUT2D eigenvalue weighted by atomic mass is 32.2. The maximum absolute atomic E-state index is 12.7. The van der Waals surface area contributed by atoms with E-state index in [1.807, 2.05) is 34.9 Å². The molecule has 2 amide bonds. The summed E-state index contributed by atoms with van der Waals surface area (Å²) in [5.74, 6) is 2.04. The number of piperazine rings is 1. The summed E-state index contributed by atoms with van der Waals surface area (Å²) in [6.07, 6.45) is 0.262. The molecule has 2 heterocycles. The Hall–Kier alpha value is -2.31. The molecule has 1 N–H and O–H groups in total. The summed E-state index contributed by atoms with van der Waals surface area (Å²) < 4.78 is 0. The number of hydrogen-bond acceptors (Lipinski definition) is 4. The van der Waals surface area contributed by atoms with Crippen LogP contribution < -0.4 is 5.32 Å². The normalized spacial score (nSPS) is 20.3. The highest BCUT2D eigenvalue weighted by Gasteiger charge is 2.33. The molecule has 0 radical (unpaired) electrons. The van der Waals surface area contributed by atoms with E-state index in [0.717, 1.165) is 36.7 Å². The first kappa shape index (κ1) is 20.0. The van der Waals surface area contributed by atoms with Gasteiger partial charge in [-0.15, -0.1) is 0 Å². The number of nitrogens with one attached hydrogen (secondary N) is 1. The Balaban J connectivity index is 1.43. The molecule has 1 atom stereocenters. The lowest BCUT2D eigenvalue weighted by Crippen LogP contribution is -2.56. The van der Waals surface area contributed by atoms with Gasteiger partial charge in [-0.1, -0.05) is 54.6 Å². The molecule has 0 aliphatic carbocycles. The summed E-state index contributed by atoms with van der Waals surface area (Å²) in [4.78, 5) is 29.3. The number of benzene rings is 2. The summed E-state index contributed by atoms with van der Waals surface area (Å²) in [7, 11) is 0. The van der Waals surface area contributed by atoms with E-state index in [0.29, 0.717) is 13.1 Å². The summed E-state index contributed by atoms with van der Waals surface area (Å²) in [6.45, 7) is 3.65. The molecule has 6 heteroatoms. The zero-order valence-electron chi connectivity index (χ0n) is 16.5. The zero-order chi connectivity index (χ0) is 20.1. The molecule has 2 fully saturated rings. The lowest BCUT2D eigenvalue weighted by atomic mass is 10.0. The highest BCUT2D eigenvalue weighted by molar-refractivity contribution is 7.99. The van der Waals surface area contributed by atoms with Crippen LogP contribution in [0.3, 0.4) is 0 Å². The van der Waals surface area contributed by atoms with Crippen molar-refractivity contribution in [3.8, 4) is 11.1 Å². The summed E-state index contributed by atoms with van der Waals surface area (Å²) in [5, 5.41) is 2.93. The number of nitrogens with zero attached hydrogens (tertiary/aromatic N) is 2. The van der Waals surface area contributed by atoms with Crippen molar-refractivity contribution in [2.24, 2.45) is 0 Å². The maximum atomic E-state index is 12.7. The van der Waals surface area contributed by atoms with Gasteiger partial charge in [0.1, 0.15) is 0 Å². The third-order valence-electron chi connectivity index (χ3n) is 5.62. The van der Waals surface area contributed by atoms with Crippen LogP contribution in [-0.2, 0) is 16.1 Å². The SMILES string of the molecule is O=C1NCCN(Cc2ccc(-c3ccccc3)cc2)[C@H]1CC(=O)N1CCSCC1. The van der Waals surface area contributed by atoms with Crippen molar-refractivity contribution in [1.82, 2.24) is 15.1 Å². The average molecular weight is 410 g/mol. The van der Waals surface area contributed by atoms with E-state index in [4.69, 9.17) is 0 Å². The van der Waals surface area contributed by atoms with Crippen LogP contribution in [0.4, 0.5) is 0 Å². The molecule has 5 nitrogen and oxygen atoms in total. The van der Waals surface area contributed by atoms with Gasteiger partial charge in [0.05, 0.1) is 12.5 Å². The molecule has 0 spiro atoms. The van der Waals surface area contributed by atoms with Crippen LogP contribution in [-0.4, -0.2) is 65.3 Å². The largest absolute Gasteiger partial charge is 0.353 e. The van der Waals surface area contributed by atoms with Crippen molar-refractivity contribution in [3.05, 3.63) is 60.2 Å². The van der Waals surface area contributed by atoms with Gasteiger partial charge in [-0.2, -0.15) is 11.8 Å². The van der Waals surface area contributed by atoms with Crippen LogP contribution >= 0.6 is 11.8 Å². The van der Waals surface area contributed by atoms with Gasteiger partial charge in [0.25, 0.3) is 0 Å². The number of carbonyl (C=O) groups excluding carboxylic acids is 2. The van der Waals surface area contributed by atoms with Crippen molar-refractivity contribution < 1.29 is 9.59 Å². The second kappa shape index (κ2) is 9.46. The van der Waals surface area contributed by atoms with E-state index < -0.39 is 0 Å². The molecule has 0 saturated carbocycles. The van der Waals surface area contributed by atoms with Crippen LogP contribution in [0.25, 0.3) is 11.1 Å². The molecule has 2 aromatic carbocycles. The first-order valence-electron chi connectivity index (χ1n) is 10.2. The second-order valence-electron chi connectivity index (χ2n) is 7.54. The smallest absolute Gasteiger partial charge is 0.237 e. The molecule has 2 aliphatic heterocycles. The average Bonchev–Trinajstić information content (AvgIpc) is 2.78. The van der Waals surface area contributed by atoms with E-state index in [-0.39, 0.29) is 24.3 Å². The van der Waals surface area contributed by atoms with Crippen molar-refractivity contribution in [2.75, 3.05) is 37.7 Å². The quantitative estimate of drug-likeness (QED) is 0.825. The minimum atomic E-state index is -0.389. The van der Waals surface area contributed by atoms with Crippen LogP contribution in [0.2, 0.25) is 0 Å². The Morgan fingerprint density at radius 2 is 1.66 bits per heavy atom. The Kier molecular flexibility index (Phi) is 6.52. The monoisotopic (exact) mass is 409 g/mol. The van der Waals surface area contributed by atoms with Gasteiger partial charge in [0.15, 0.2) is 0 Å². The van der Waals surface area contributed by atoms with E-state index in [1.54, 1.807) is 0 Å². The Morgan fingerprint density at radius 1 is 0.966 bits per heavy atom. The van der Waals surface area contributed by atoms with Crippen molar-refractivity contribution in [3.63, 3.8) is 0 Å². The van der Waals surface area contributed by atoms with Gasteiger partial charge >= 0.3 is 0 Å². The molecule has 152 valence electrons. The van der Waals surface area contributed by atoms with Gasteiger partial charge < -0.3 is 10.2 Å². The van der Waals surface area contributed by atoms with Gasteiger partial charge in [0.2, 0.25) is 11.8 Å². The maximum Gasteiger partial charge on any atom is 0.237 e. The highest BCUT2D eigenvalue weighted by Crippen LogP contribution is 2.21. The molecule has 4 rings (SSSR count). The number of carbonyl (C=O) groups is 2. The Morgan fingerprint density at radius 3 is 2.38 bits per heavy atom. The molecule has 2 saturated heterocycles. The number of amides is 2. The van der Waals surface area contributed by atoms with Crippen molar-refractivity contribution in [1.29, 1.82) is 0 Å². The van der Waals surface area contributed by atoms with Crippen molar-refractivity contribution in [2.45, 2.75) is 19.0 Å². The first-order chi connectivity index (χ1) is 14.2. The fourth-order valence-corrected chi connectivity index (χ4v) is 4.85. The van der Waals surface area contributed by atoms with Crippen molar-refractivity contribution >= 4 is 23.6 Å². The topological polar surface area (TPSA) is 52.7 Å². The predicted molar refractivity (Wildman–Crippen MR) is 118 cm³/mol. The third-order valence-corrected chi connectivity index (χ3v) is 6.56. The summed E-state index contributed by atoms with van der Waals surface area (Å²) in [6, 6.07) is 18.4. The lowest BCUT2D eigenvalue weighted by Gasteiger charge is -2.36. The number of rotatable bonds is 5. The first-order valence-corrected chi connectivity index (χ1v) is 11.4. The molecule has 0 bridgehead atoms. The van der Waals surface area contributed by atoms with E-state index in [9.17, 15) is 9.59 Å². The minimum absolute atomic E-state index is 0.0307. The van der Waals surface area contributed by atoms with Gasteiger partial charge in [-0.3, -0.25) is 14.5 Å². The molecular weight excluding hydrogens is 382 g/mol.